The molecule has 9 heteroatoms. The largest absolute Gasteiger partial charge is 0.459 e. The van der Waals surface area contributed by atoms with Crippen LogP contribution in [0.2, 0.25) is 0 Å². The van der Waals surface area contributed by atoms with Crippen LogP contribution >= 0.6 is 0 Å². The lowest BCUT2D eigenvalue weighted by Gasteiger charge is -2.34. The number of nitriles is 2. The van der Waals surface area contributed by atoms with Crippen molar-refractivity contribution < 1.29 is 13.6 Å². The molecule has 1 saturated heterocycles. The Labute approximate surface area is 172 Å². The van der Waals surface area contributed by atoms with Crippen LogP contribution in [-0.2, 0) is 4.79 Å². The summed E-state index contributed by atoms with van der Waals surface area (Å²) in [4.78, 5) is 20.5. The number of carbonyl (C=O) groups is 1. The van der Waals surface area contributed by atoms with Crippen LogP contribution in [0.15, 0.2) is 51.5 Å². The molecule has 1 fully saturated rings. The summed E-state index contributed by atoms with van der Waals surface area (Å²) in [5.74, 6) is 1.01. The van der Waals surface area contributed by atoms with Gasteiger partial charge in [0.25, 0.3) is 5.89 Å². The number of benzene rings is 1. The summed E-state index contributed by atoms with van der Waals surface area (Å²) in [7, 11) is 0. The topological polar surface area (TPSA) is 122 Å². The minimum atomic E-state index is -0.143. The molecule has 0 atom stereocenters. The van der Waals surface area contributed by atoms with Gasteiger partial charge in [-0.2, -0.15) is 15.5 Å². The van der Waals surface area contributed by atoms with Crippen molar-refractivity contribution in [1.29, 1.82) is 10.5 Å². The lowest BCUT2D eigenvalue weighted by atomic mass is 10.2. The van der Waals surface area contributed by atoms with E-state index in [1.165, 1.54) is 6.26 Å². The molecular weight excluding hydrogens is 384 g/mol. The Bertz CT molecular complexity index is 1110. The first kappa shape index (κ1) is 19.2. The SMILES string of the molecule is N#Cc1cccc(NC(=O)CN2CCN(c3oc(-c4ccco4)nc3C#N)CC2)c1. The molecule has 3 aromatic rings. The van der Waals surface area contributed by atoms with Crippen molar-refractivity contribution in [3.63, 3.8) is 0 Å². The molecule has 1 N–H and O–H groups in total. The van der Waals surface area contributed by atoms with Crippen LogP contribution in [0.4, 0.5) is 11.6 Å². The first-order chi connectivity index (χ1) is 14.7. The maximum atomic E-state index is 12.3. The monoisotopic (exact) mass is 402 g/mol. The van der Waals surface area contributed by atoms with Crippen LogP contribution in [0.3, 0.4) is 0 Å². The third-order valence-electron chi connectivity index (χ3n) is 4.75. The number of rotatable bonds is 5. The minimum Gasteiger partial charge on any atom is -0.459 e. The number of hydrogen-bond acceptors (Lipinski definition) is 8. The third-order valence-corrected chi connectivity index (χ3v) is 4.75. The summed E-state index contributed by atoms with van der Waals surface area (Å²) >= 11 is 0. The van der Waals surface area contributed by atoms with E-state index in [1.54, 1.807) is 36.4 Å². The Kier molecular flexibility index (Phi) is 5.46. The van der Waals surface area contributed by atoms with Crippen LogP contribution in [0, 0.1) is 22.7 Å². The van der Waals surface area contributed by atoms with E-state index in [4.69, 9.17) is 14.1 Å². The molecule has 2 aromatic heterocycles. The minimum absolute atomic E-state index is 0.143. The van der Waals surface area contributed by atoms with Crippen molar-refractivity contribution in [2.75, 3.05) is 42.9 Å². The molecule has 30 heavy (non-hydrogen) atoms. The Morgan fingerprint density at radius 2 is 1.97 bits per heavy atom. The highest BCUT2D eigenvalue weighted by Crippen LogP contribution is 2.29. The number of carbonyl (C=O) groups excluding carboxylic acids is 1. The number of hydrogen-bond donors (Lipinski definition) is 1. The number of anilines is 2. The van der Waals surface area contributed by atoms with Gasteiger partial charge in [-0.25, -0.2) is 0 Å². The average Bonchev–Trinajstić information content (AvgIpc) is 3.44. The van der Waals surface area contributed by atoms with Crippen molar-refractivity contribution in [3.05, 3.63) is 53.9 Å². The highest BCUT2D eigenvalue weighted by atomic mass is 16.4. The number of furan rings is 1. The fourth-order valence-corrected chi connectivity index (χ4v) is 3.28. The molecule has 1 amide bonds. The highest BCUT2D eigenvalue weighted by Gasteiger charge is 2.26. The second-order valence-electron chi connectivity index (χ2n) is 6.77. The van der Waals surface area contributed by atoms with Gasteiger partial charge in [0.15, 0.2) is 5.76 Å². The van der Waals surface area contributed by atoms with Gasteiger partial charge in [0.2, 0.25) is 17.5 Å². The fourth-order valence-electron chi connectivity index (χ4n) is 3.28. The van der Waals surface area contributed by atoms with Crippen LogP contribution in [0.5, 0.6) is 0 Å². The van der Waals surface area contributed by atoms with Crippen LogP contribution in [-0.4, -0.2) is 48.5 Å². The number of amides is 1. The number of nitrogens with zero attached hydrogens (tertiary/aromatic N) is 5. The first-order valence-electron chi connectivity index (χ1n) is 9.38. The highest BCUT2D eigenvalue weighted by molar-refractivity contribution is 5.92. The molecule has 150 valence electrons. The number of aromatic nitrogens is 1. The zero-order valence-electron chi connectivity index (χ0n) is 16.0. The molecule has 0 bridgehead atoms. The Morgan fingerprint density at radius 1 is 1.13 bits per heavy atom. The van der Waals surface area contributed by atoms with E-state index in [9.17, 15) is 10.1 Å². The zero-order valence-corrected chi connectivity index (χ0v) is 16.0. The van der Waals surface area contributed by atoms with Gasteiger partial charge in [-0.15, -0.1) is 0 Å². The van der Waals surface area contributed by atoms with Gasteiger partial charge in [0, 0.05) is 31.9 Å². The molecule has 0 saturated carbocycles. The van der Waals surface area contributed by atoms with Crippen molar-refractivity contribution >= 4 is 17.5 Å². The molecule has 0 aliphatic carbocycles. The lowest BCUT2D eigenvalue weighted by Crippen LogP contribution is -2.48. The molecule has 1 aliphatic heterocycles. The molecule has 1 aromatic carbocycles. The van der Waals surface area contributed by atoms with Crippen LogP contribution < -0.4 is 10.2 Å². The Morgan fingerprint density at radius 3 is 2.67 bits per heavy atom. The van der Waals surface area contributed by atoms with Gasteiger partial charge in [0.05, 0.1) is 24.4 Å². The van der Waals surface area contributed by atoms with E-state index < -0.39 is 0 Å². The summed E-state index contributed by atoms with van der Waals surface area (Å²) in [6.45, 7) is 2.70. The van der Waals surface area contributed by atoms with Crippen LogP contribution in [0.1, 0.15) is 11.3 Å². The molecule has 4 rings (SSSR count). The van der Waals surface area contributed by atoms with Crippen molar-refractivity contribution in [3.8, 4) is 23.8 Å². The Hall–Kier alpha value is -4.08. The quantitative estimate of drug-likeness (QED) is 0.690. The van der Waals surface area contributed by atoms with E-state index in [2.05, 4.69) is 22.4 Å². The van der Waals surface area contributed by atoms with Gasteiger partial charge < -0.3 is 19.1 Å². The van der Waals surface area contributed by atoms with Gasteiger partial charge in [-0.1, -0.05) is 6.07 Å². The second kappa shape index (κ2) is 8.52. The standard InChI is InChI=1S/C21H18N6O3/c22-12-15-3-1-4-16(11-15)24-19(28)14-26-6-8-27(9-7-26)21-17(13-23)25-20(30-21)18-5-2-10-29-18/h1-5,10-11H,6-9,14H2,(H,24,28). The first-order valence-corrected chi connectivity index (χ1v) is 9.38. The van der Waals surface area contributed by atoms with Crippen molar-refractivity contribution in [2.45, 2.75) is 0 Å². The predicted molar refractivity (Wildman–Crippen MR) is 107 cm³/mol. The van der Waals surface area contributed by atoms with E-state index in [-0.39, 0.29) is 24.0 Å². The Balaban J connectivity index is 1.34. The van der Waals surface area contributed by atoms with Crippen molar-refractivity contribution in [1.82, 2.24) is 9.88 Å². The molecule has 0 radical (unpaired) electrons. The summed E-state index contributed by atoms with van der Waals surface area (Å²) < 4.78 is 11.1. The van der Waals surface area contributed by atoms with E-state index in [0.29, 0.717) is 49.1 Å². The van der Waals surface area contributed by atoms with Gasteiger partial charge >= 0.3 is 0 Å². The normalized spacial score (nSPS) is 14.1. The maximum Gasteiger partial charge on any atom is 0.266 e. The van der Waals surface area contributed by atoms with Crippen LogP contribution in [0.25, 0.3) is 11.7 Å². The van der Waals surface area contributed by atoms with Gasteiger partial charge in [0.1, 0.15) is 6.07 Å². The molecule has 0 spiro atoms. The van der Waals surface area contributed by atoms with E-state index in [0.717, 1.165) is 0 Å². The number of piperazine rings is 1. The zero-order chi connectivity index (χ0) is 20.9. The summed E-state index contributed by atoms with van der Waals surface area (Å²) in [5.41, 5.74) is 1.31. The summed E-state index contributed by atoms with van der Waals surface area (Å²) in [6, 6.07) is 14.4. The second-order valence-corrected chi connectivity index (χ2v) is 6.77. The van der Waals surface area contributed by atoms with Gasteiger partial charge in [-0.05, 0) is 30.3 Å². The number of nitrogens with one attached hydrogen (secondary N) is 1. The third kappa shape index (κ3) is 4.17. The van der Waals surface area contributed by atoms with Gasteiger partial charge in [-0.3, -0.25) is 9.69 Å². The average molecular weight is 402 g/mol. The maximum absolute atomic E-state index is 12.3. The summed E-state index contributed by atoms with van der Waals surface area (Å²) in [6.07, 6.45) is 1.52. The lowest BCUT2D eigenvalue weighted by molar-refractivity contribution is -0.117. The molecular formula is C21H18N6O3. The van der Waals surface area contributed by atoms with Crippen molar-refractivity contribution in [2.24, 2.45) is 0 Å². The molecule has 1 aliphatic rings. The smallest absolute Gasteiger partial charge is 0.266 e. The fraction of sp³-hybridized carbons (Fsp3) is 0.238. The van der Waals surface area contributed by atoms with E-state index >= 15 is 0 Å². The molecule has 3 heterocycles. The molecule has 9 nitrogen and oxygen atoms in total. The predicted octanol–water partition coefficient (Wildman–Crippen LogP) is 2.44. The van der Waals surface area contributed by atoms with E-state index in [1.807, 2.05) is 9.80 Å². The number of oxazole rings is 1. The molecule has 0 unspecified atom stereocenters. The summed E-state index contributed by atoms with van der Waals surface area (Å²) in [5, 5.41) is 21.2.